The second-order valence-electron chi connectivity index (χ2n) is 5.23. The number of nitrogens with two attached hydrogens (primary N) is 1. The van der Waals surface area contributed by atoms with Crippen molar-refractivity contribution >= 4 is 5.69 Å². The first-order chi connectivity index (χ1) is 7.42. The number of ether oxygens (including phenoxy) is 1. The largest absolute Gasteiger partial charge is 0.497 e. The van der Waals surface area contributed by atoms with Crippen LogP contribution in [0.4, 0.5) is 5.69 Å². The molecule has 90 valence electrons. The van der Waals surface area contributed by atoms with E-state index in [9.17, 15) is 0 Å². The van der Waals surface area contributed by atoms with Gasteiger partial charge in [-0.15, -0.1) is 0 Å². The summed E-state index contributed by atoms with van der Waals surface area (Å²) in [5.41, 5.74) is 8.08. The van der Waals surface area contributed by atoms with Crippen LogP contribution < -0.4 is 15.8 Å². The first kappa shape index (κ1) is 12.8. The van der Waals surface area contributed by atoms with Crippen molar-refractivity contribution in [2.45, 2.75) is 27.3 Å². The molecule has 3 nitrogen and oxygen atoms in total. The van der Waals surface area contributed by atoms with Crippen LogP contribution in [0.25, 0.3) is 0 Å². The average molecular weight is 222 g/mol. The summed E-state index contributed by atoms with van der Waals surface area (Å²) in [6.07, 6.45) is 0. The molecule has 3 heteroatoms. The summed E-state index contributed by atoms with van der Waals surface area (Å²) >= 11 is 0. The van der Waals surface area contributed by atoms with Gasteiger partial charge in [-0.1, -0.05) is 20.8 Å². The first-order valence-electron chi connectivity index (χ1n) is 5.55. The zero-order valence-corrected chi connectivity index (χ0v) is 10.6. The molecule has 16 heavy (non-hydrogen) atoms. The monoisotopic (exact) mass is 222 g/mol. The first-order valence-corrected chi connectivity index (χ1v) is 5.55. The van der Waals surface area contributed by atoms with Crippen molar-refractivity contribution in [2.24, 2.45) is 5.41 Å². The van der Waals surface area contributed by atoms with Crippen LogP contribution in [0.2, 0.25) is 0 Å². The van der Waals surface area contributed by atoms with Crippen LogP contribution >= 0.6 is 0 Å². The number of rotatable bonds is 4. The van der Waals surface area contributed by atoms with Gasteiger partial charge in [0.2, 0.25) is 0 Å². The van der Waals surface area contributed by atoms with Gasteiger partial charge in [-0.3, -0.25) is 0 Å². The highest BCUT2D eigenvalue weighted by atomic mass is 16.5. The fourth-order valence-corrected chi connectivity index (χ4v) is 1.43. The topological polar surface area (TPSA) is 47.3 Å². The number of methoxy groups -OCH3 is 1. The summed E-state index contributed by atoms with van der Waals surface area (Å²) < 4.78 is 5.17. The Balaban J connectivity index is 2.59. The Morgan fingerprint density at radius 3 is 2.56 bits per heavy atom. The molecule has 0 aliphatic carbocycles. The van der Waals surface area contributed by atoms with E-state index in [1.165, 1.54) is 0 Å². The maximum atomic E-state index is 5.90. The predicted molar refractivity (Wildman–Crippen MR) is 68.6 cm³/mol. The van der Waals surface area contributed by atoms with Gasteiger partial charge in [0.25, 0.3) is 0 Å². The van der Waals surface area contributed by atoms with E-state index in [0.29, 0.717) is 0 Å². The highest BCUT2D eigenvalue weighted by molar-refractivity contribution is 5.50. The van der Waals surface area contributed by atoms with Crippen molar-refractivity contribution in [3.8, 4) is 5.75 Å². The van der Waals surface area contributed by atoms with Crippen molar-refractivity contribution in [3.63, 3.8) is 0 Å². The summed E-state index contributed by atoms with van der Waals surface area (Å²) in [5, 5.41) is 3.40. The Labute approximate surface area is 98.0 Å². The van der Waals surface area contributed by atoms with Gasteiger partial charge in [0, 0.05) is 18.8 Å². The summed E-state index contributed by atoms with van der Waals surface area (Å²) in [7, 11) is 1.66. The van der Waals surface area contributed by atoms with Crippen LogP contribution in [-0.2, 0) is 6.54 Å². The van der Waals surface area contributed by atoms with Gasteiger partial charge in [-0.2, -0.15) is 0 Å². The van der Waals surface area contributed by atoms with Crippen molar-refractivity contribution in [1.82, 2.24) is 5.32 Å². The molecule has 0 amide bonds. The predicted octanol–water partition coefficient (Wildman–Crippen LogP) is 2.41. The fourth-order valence-electron chi connectivity index (χ4n) is 1.43. The highest BCUT2D eigenvalue weighted by Crippen LogP contribution is 2.19. The maximum absolute atomic E-state index is 5.90. The van der Waals surface area contributed by atoms with Crippen LogP contribution in [0.1, 0.15) is 26.3 Å². The molecule has 0 atom stereocenters. The quantitative estimate of drug-likeness (QED) is 0.769. The summed E-state index contributed by atoms with van der Waals surface area (Å²) in [4.78, 5) is 0. The molecule has 0 saturated carbocycles. The number of nitrogen functional groups attached to an aromatic ring is 1. The third kappa shape index (κ3) is 4.11. The molecule has 3 N–H and O–H groups in total. The van der Waals surface area contributed by atoms with E-state index in [0.717, 1.165) is 30.1 Å². The normalized spacial score (nSPS) is 11.5. The third-order valence-corrected chi connectivity index (χ3v) is 2.32. The molecular formula is C13H22N2O. The number of benzene rings is 1. The lowest BCUT2D eigenvalue weighted by Crippen LogP contribution is -2.26. The van der Waals surface area contributed by atoms with Gasteiger partial charge in [0.15, 0.2) is 0 Å². The van der Waals surface area contributed by atoms with Crippen LogP contribution in [0.15, 0.2) is 18.2 Å². The van der Waals surface area contributed by atoms with E-state index in [-0.39, 0.29) is 5.41 Å². The van der Waals surface area contributed by atoms with Crippen molar-refractivity contribution in [2.75, 3.05) is 19.4 Å². The summed E-state index contributed by atoms with van der Waals surface area (Å²) in [5.74, 6) is 0.849. The molecule has 0 unspecified atom stereocenters. The minimum Gasteiger partial charge on any atom is -0.497 e. The second-order valence-corrected chi connectivity index (χ2v) is 5.23. The zero-order valence-electron chi connectivity index (χ0n) is 10.6. The standard InChI is InChI=1S/C13H22N2O/c1-13(2,3)9-15-8-10-7-11(16-4)5-6-12(10)14/h5-7,15H,8-9,14H2,1-4H3. The number of anilines is 1. The summed E-state index contributed by atoms with van der Waals surface area (Å²) in [6, 6.07) is 5.74. The molecule has 0 saturated heterocycles. The molecule has 1 aromatic carbocycles. The van der Waals surface area contributed by atoms with E-state index in [2.05, 4.69) is 26.1 Å². The van der Waals surface area contributed by atoms with Crippen molar-refractivity contribution in [1.29, 1.82) is 0 Å². The molecule has 0 radical (unpaired) electrons. The van der Waals surface area contributed by atoms with E-state index in [4.69, 9.17) is 10.5 Å². The lowest BCUT2D eigenvalue weighted by Gasteiger charge is -2.19. The number of hydrogen-bond donors (Lipinski definition) is 2. The highest BCUT2D eigenvalue weighted by Gasteiger charge is 2.09. The van der Waals surface area contributed by atoms with E-state index < -0.39 is 0 Å². The minimum atomic E-state index is 0.285. The fraction of sp³-hybridized carbons (Fsp3) is 0.538. The lowest BCUT2D eigenvalue weighted by molar-refractivity contribution is 0.379. The van der Waals surface area contributed by atoms with Crippen molar-refractivity contribution < 1.29 is 4.74 Å². The molecule has 0 aliphatic heterocycles. The van der Waals surface area contributed by atoms with Gasteiger partial charge in [0.1, 0.15) is 5.75 Å². The van der Waals surface area contributed by atoms with Gasteiger partial charge < -0.3 is 15.8 Å². The van der Waals surface area contributed by atoms with Gasteiger partial charge >= 0.3 is 0 Å². The Kier molecular flexibility index (Phi) is 4.19. The van der Waals surface area contributed by atoms with Gasteiger partial charge in [0.05, 0.1) is 7.11 Å². The second kappa shape index (κ2) is 5.21. The summed E-state index contributed by atoms with van der Waals surface area (Å²) in [6.45, 7) is 8.35. The number of hydrogen-bond acceptors (Lipinski definition) is 3. The van der Waals surface area contributed by atoms with Gasteiger partial charge in [-0.05, 0) is 29.2 Å². The Bertz CT molecular complexity index is 342. The van der Waals surface area contributed by atoms with E-state index >= 15 is 0 Å². The smallest absolute Gasteiger partial charge is 0.119 e. The van der Waals surface area contributed by atoms with Gasteiger partial charge in [-0.25, -0.2) is 0 Å². The lowest BCUT2D eigenvalue weighted by atomic mass is 9.97. The molecule has 1 rings (SSSR count). The van der Waals surface area contributed by atoms with Crippen LogP contribution in [0.5, 0.6) is 5.75 Å². The molecule has 0 spiro atoms. The maximum Gasteiger partial charge on any atom is 0.119 e. The van der Waals surface area contributed by atoms with Crippen LogP contribution in [-0.4, -0.2) is 13.7 Å². The molecule has 1 aromatic rings. The molecule has 0 bridgehead atoms. The molecule has 0 fully saturated rings. The van der Waals surface area contributed by atoms with Crippen molar-refractivity contribution in [3.05, 3.63) is 23.8 Å². The Morgan fingerprint density at radius 2 is 2.00 bits per heavy atom. The number of nitrogens with one attached hydrogen (secondary N) is 1. The third-order valence-electron chi connectivity index (χ3n) is 2.32. The molecule has 0 aromatic heterocycles. The van der Waals surface area contributed by atoms with Crippen LogP contribution in [0.3, 0.4) is 0 Å². The van der Waals surface area contributed by atoms with E-state index in [1.54, 1.807) is 7.11 Å². The van der Waals surface area contributed by atoms with Crippen LogP contribution in [0, 0.1) is 5.41 Å². The Morgan fingerprint density at radius 1 is 1.31 bits per heavy atom. The zero-order chi connectivity index (χ0) is 12.2. The molecule has 0 heterocycles. The van der Waals surface area contributed by atoms with E-state index in [1.807, 2.05) is 18.2 Å². The molecular weight excluding hydrogens is 200 g/mol. The average Bonchev–Trinajstić information content (AvgIpc) is 2.19. The Hall–Kier alpha value is -1.22. The minimum absolute atomic E-state index is 0.285. The molecule has 0 aliphatic rings. The SMILES string of the molecule is COc1ccc(N)c(CNCC(C)(C)C)c1.